The summed E-state index contributed by atoms with van der Waals surface area (Å²) in [6.45, 7) is 3.05. The molecular weight excluding hydrogens is 392 g/mol. The van der Waals surface area contributed by atoms with Gasteiger partial charge < -0.3 is 29.5 Å². The molecule has 3 N–H and O–H groups in total. The van der Waals surface area contributed by atoms with Gasteiger partial charge in [0, 0.05) is 0 Å². The molecule has 166 valence electrons. The molecule has 0 aliphatic rings. The van der Waals surface area contributed by atoms with E-state index in [-0.39, 0.29) is 13.2 Å². The van der Waals surface area contributed by atoms with Crippen LogP contribution in [-0.2, 0) is 38.2 Å². The molecule has 0 aromatic rings. The lowest BCUT2D eigenvalue weighted by Crippen LogP contribution is -2.43. The minimum atomic E-state index is -2.89. The van der Waals surface area contributed by atoms with E-state index < -0.39 is 60.8 Å². The first-order valence-electron chi connectivity index (χ1n) is 9.23. The van der Waals surface area contributed by atoms with Crippen LogP contribution in [0.15, 0.2) is 0 Å². The van der Waals surface area contributed by atoms with Gasteiger partial charge in [-0.15, -0.1) is 0 Å². The first-order valence-corrected chi connectivity index (χ1v) is 9.23. The molecule has 0 rings (SSSR count). The van der Waals surface area contributed by atoms with E-state index in [2.05, 4.69) is 0 Å². The second-order valence-electron chi connectivity index (χ2n) is 6.36. The minimum Gasteiger partial charge on any atom is -0.481 e. The summed E-state index contributed by atoms with van der Waals surface area (Å²) in [7, 11) is 0. The first-order chi connectivity index (χ1) is 13.6. The van der Waals surface area contributed by atoms with E-state index in [9.17, 15) is 29.1 Å². The Kier molecular flexibility index (Phi) is 12.2. The molecule has 0 spiro atoms. The van der Waals surface area contributed by atoms with Crippen LogP contribution in [0.25, 0.3) is 0 Å². The molecule has 1 atom stereocenters. The van der Waals surface area contributed by atoms with E-state index >= 15 is 0 Å². The number of aliphatic hydroxyl groups is 1. The molecule has 29 heavy (non-hydrogen) atoms. The molecule has 0 radical (unpaired) electrons. The van der Waals surface area contributed by atoms with Gasteiger partial charge in [0.2, 0.25) is 0 Å². The maximum atomic E-state index is 12.1. The monoisotopic (exact) mass is 420 g/mol. The molecule has 0 amide bonds. The number of rotatable bonds is 15. The van der Waals surface area contributed by atoms with Crippen LogP contribution >= 0.6 is 0 Å². The van der Waals surface area contributed by atoms with E-state index in [1.54, 1.807) is 0 Å². The van der Waals surface area contributed by atoms with Gasteiger partial charge in [0.05, 0.1) is 26.1 Å². The van der Waals surface area contributed by atoms with Crippen LogP contribution in [0.2, 0.25) is 0 Å². The van der Waals surface area contributed by atoms with Gasteiger partial charge in [0.25, 0.3) is 0 Å². The number of carbonyl (C=O) groups is 5. The Bertz CT molecular complexity index is 564. The molecule has 0 aromatic heterocycles. The predicted molar refractivity (Wildman–Crippen MR) is 95.6 cm³/mol. The van der Waals surface area contributed by atoms with Crippen molar-refractivity contribution < 1.29 is 53.5 Å². The Labute approximate surface area is 167 Å². The fourth-order valence-corrected chi connectivity index (χ4v) is 2.00. The van der Waals surface area contributed by atoms with Gasteiger partial charge in [-0.05, 0) is 12.8 Å². The quantitative estimate of drug-likeness (QED) is 0.146. The topological polar surface area (TPSA) is 174 Å². The lowest BCUT2D eigenvalue weighted by Gasteiger charge is -2.21. The molecule has 0 aliphatic heterocycles. The number of unbranched alkanes of at least 4 members (excludes halogenated alkanes) is 2. The fraction of sp³-hybridized carbons (Fsp3) is 0.722. The Morgan fingerprint density at radius 2 is 1.31 bits per heavy atom. The van der Waals surface area contributed by atoms with Gasteiger partial charge in [-0.1, -0.05) is 26.7 Å². The van der Waals surface area contributed by atoms with Crippen molar-refractivity contribution in [3.63, 3.8) is 0 Å². The zero-order chi connectivity index (χ0) is 22.4. The first kappa shape index (κ1) is 26.3. The van der Waals surface area contributed by atoms with E-state index in [4.69, 9.17) is 24.4 Å². The van der Waals surface area contributed by atoms with Crippen LogP contribution in [0, 0.1) is 5.92 Å². The third kappa shape index (κ3) is 10.4. The lowest BCUT2D eigenvalue weighted by atomic mass is 9.96. The normalized spacial score (nSPS) is 12.7. The summed E-state index contributed by atoms with van der Waals surface area (Å²) in [4.78, 5) is 57.9. The maximum absolute atomic E-state index is 12.1. The SMILES string of the molecule is CCCCOC(=O)C(COC(=O)CC(O)(CC(=O)O)C(=O)O)C(=O)OCCCC. The highest BCUT2D eigenvalue weighted by Crippen LogP contribution is 2.18. The maximum Gasteiger partial charge on any atom is 0.336 e. The van der Waals surface area contributed by atoms with Crippen molar-refractivity contribution in [3.8, 4) is 0 Å². The predicted octanol–water partition coefficient (Wildman–Crippen LogP) is 0.513. The molecule has 0 bridgehead atoms. The summed E-state index contributed by atoms with van der Waals surface area (Å²) in [5.41, 5.74) is -2.89. The largest absolute Gasteiger partial charge is 0.481 e. The fourth-order valence-electron chi connectivity index (χ4n) is 2.00. The van der Waals surface area contributed by atoms with Crippen LogP contribution in [0.4, 0.5) is 0 Å². The van der Waals surface area contributed by atoms with Crippen LogP contribution in [0.3, 0.4) is 0 Å². The van der Waals surface area contributed by atoms with Gasteiger partial charge in [0.15, 0.2) is 11.5 Å². The van der Waals surface area contributed by atoms with E-state index in [1.165, 1.54) is 0 Å². The highest BCUT2D eigenvalue weighted by Gasteiger charge is 2.42. The number of ether oxygens (including phenoxy) is 3. The Hall–Kier alpha value is -2.69. The van der Waals surface area contributed by atoms with E-state index in [1.807, 2.05) is 13.8 Å². The molecular formula is C18H28O11. The zero-order valence-corrected chi connectivity index (χ0v) is 16.5. The summed E-state index contributed by atoms with van der Waals surface area (Å²) < 4.78 is 14.6. The molecule has 0 saturated carbocycles. The number of hydrogen-bond donors (Lipinski definition) is 3. The summed E-state index contributed by atoms with van der Waals surface area (Å²) >= 11 is 0. The van der Waals surface area contributed by atoms with Crippen molar-refractivity contribution in [2.24, 2.45) is 5.92 Å². The van der Waals surface area contributed by atoms with Crippen LogP contribution in [0.5, 0.6) is 0 Å². The highest BCUT2D eigenvalue weighted by molar-refractivity contribution is 5.95. The molecule has 1 unspecified atom stereocenters. The van der Waals surface area contributed by atoms with Crippen molar-refractivity contribution in [3.05, 3.63) is 0 Å². The summed E-state index contributed by atoms with van der Waals surface area (Å²) in [5.74, 6) is -8.38. The number of carboxylic acids is 2. The summed E-state index contributed by atoms with van der Waals surface area (Å²) in [6, 6.07) is 0. The van der Waals surface area contributed by atoms with Gasteiger partial charge >= 0.3 is 29.8 Å². The molecule has 0 aliphatic carbocycles. The summed E-state index contributed by atoms with van der Waals surface area (Å²) in [6.07, 6.45) is 0.181. The van der Waals surface area contributed by atoms with Crippen molar-refractivity contribution in [1.29, 1.82) is 0 Å². The van der Waals surface area contributed by atoms with Gasteiger partial charge in [-0.2, -0.15) is 0 Å². The minimum absolute atomic E-state index is 0.0550. The average molecular weight is 420 g/mol. The number of aliphatic carboxylic acids is 2. The second-order valence-corrected chi connectivity index (χ2v) is 6.36. The second kappa shape index (κ2) is 13.5. The van der Waals surface area contributed by atoms with Crippen LogP contribution in [0.1, 0.15) is 52.4 Å². The van der Waals surface area contributed by atoms with Gasteiger partial charge in [-0.3, -0.25) is 19.2 Å². The Morgan fingerprint density at radius 1 is 0.828 bits per heavy atom. The van der Waals surface area contributed by atoms with Crippen LogP contribution < -0.4 is 0 Å². The molecule has 0 aromatic carbocycles. The number of hydrogen-bond acceptors (Lipinski definition) is 9. The standard InChI is InChI=1S/C18H28O11/c1-3-5-7-27-15(22)12(16(23)28-8-6-4-2)11-29-14(21)10-18(26,17(24)25)9-13(19)20/h12,26H,3-11H2,1-2H3,(H,19,20)(H,24,25). The van der Waals surface area contributed by atoms with Crippen molar-refractivity contribution in [1.82, 2.24) is 0 Å². The van der Waals surface area contributed by atoms with Crippen LogP contribution in [-0.4, -0.2) is 70.6 Å². The van der Waals surface area contributed by atoms with Crippen molar-refractivity contribution in [2.45, 2.75) is 58.0 Å². The molecule has 11 heteroatoms. The van der Waals surface area contributed by atoms with E-state index in [0.717, 1.165) is 12.8 Å². The third-order valence-electron chi connectivity index (χ3n) is 3.74. The Balaban J connectivity index is 5.01. The number of esters is 3. The third-order valence-corrected chi connectivity index (χ3v) is 3.74. The average Bonchev–Trinajstić information content (AvgIpc) is 2.61. The van der Waals surface area contributed by atoms with Gasteiger partial charge in [0.1, 0.15) is 6.61 Å². The number of carbonyl (C=O) groups excluding carboxylic acids is 3. The summed E-state index contributed by atoms with van der Waals surface area (Å²) in [5, 5.41) is 27.5. The number of carboxylic acid groups (broad SMARTS) is 2. The lowest BCUT2D eigenvalue weighted by molar-refractivity contribution is -0.174. The molecule has 0 saturated heterocycles. The van der Waals surface area contributed by atoms with Crippen molar-refractivity contribution >= 4 is 29.8 Å². The molecule has 0 heterocycles. The van der Waals surface area contributed by atoms with Crippen molar-refractivity contribution in [2.75, 3.05) is 19.8 Å². The van der Waals surface area contributed by atoms with Gasteiger partial charge in [-0.25, -0.2) is 4.79 Å². The molecule has 0 fully saturated rings. The highest BCUT2D eigenvalue weighted by atomic mass is 16.6. The smallest absolute Gasteiger partial charge is 0.336 e. The molecule has 11 nitrogen and oxygen atoms in total. The zero-order valence-electron chi connectivity index (χ0n) is 16.5. The van der Waals surface area contributed by atoms with E-state index in [0.29, 0.717) is 12.8 Å². The Morgan fingerprint density at radius 3 is 1.69 bits per heavy atom.